The Kier molecular flexibility index (Phi) is 5.36. The summed E-state index contributed by atoms with van der Waals surface area (Å²) in [6, 6.07) is 0. The second kappa shape index (κ2) is 6.06. The molecule has 0 aliphatic heterocycles. The number of carbonyl (C=O) groups is 1. The van der Waals surface area contributed by atoms with Gasteiger partial charge in [0.15, 0.2) is 0 Å². The molecule has 15 heavy (non-hydrogen) atoms. The molecule has 1 saturated carbocycles. The lowest BCUT2D eigenvalue weighted by atomic mass is 9.83. The first kappa shape index (κ1) is 13.3. The van der Waals surface area contributed by atoms with Crippen molar-refractivity contribution in [1.29, 1.82) is 0 Å². The summed E-state index contributed by atoms with van der Waals surface area (Å²) in [6.07, 6.45) is 7.65. The lowest BCUT2D eigenvalue weighted by Gasteiger charge is -2.36. The van der Waals surface area contributed by atoms with Gasteiger partial charge in [0.1, 0.15) is 9.53 Å². The zero-order valence-electron chi connectivity index (χ0n) is 9.72. The van der Waals surface area contributed by atoms with E-state index in [-0.39, 0.29) is 15.5 Å². The van der Waals surface area contributed by atoms with E-state index < -0.39 is 0 Å². The summed E-state index contributed by atoms with van der Waals surface area (Å²) < 4.78 is 5.76. The van der Waals surface area contributed by atoms with Crippen LogP contribution in [0.4, 0.5) is 0 Å². The molecule has 1 aliphatic rings. The normalized spacial score (nSPS) is 22.1. The van der Waals surface area contributed by atoms with Crippen molar-refractivity contribution in [2.24, 2.45) is 0 Å². The summed E-state index contributed by atoms with van der Waals surface area (Å²) in [7, 11) is 0. The van der Waals surface area contributed by atoms with E-state index in [0.717, 1.165) is 25.7 Å². The fourth-order valence-electron chi connectivity index (χ4n) is 2.17. The van der Waals surface area contributed by atoms with Gasteiger partial charge in [-0.2, -0.15) is 0 Å². The number of esters is 1. The number of hydrogen-bond donors (Lipinski definition) is 0. The van der Waals surface area contributed by atoms with Gasteiger partial charge in [0.25, 0.3) is 0 Å². The maximum absolute atomic E-state index is 11.8. The first-order valence-electron chi connectivity index (χ1n) is 6.00. The molecular formula is C12H21IO2. The van der Waals surface area contributed by atoms with E-state index in [1.54, 1.807) is 0 Å². The lowest BCUT2D eigenvalue weighted by molar-refractivity contribution is -0.162. The largest absolute Gasteiger partial charge is 0.458 e. The molecule has 1 fully saturated rings. The van der Waals surface area contributed by atoms with Crippen LogP contribution in [0, 0.1) is 0 Å². The average molecular weight is 324 g/mol. The summed E-state index contributed by atoms with van der Waals surface area (Å²) in [5.41, 5.74) is -0.131. The number of halogens is 1. The van der Waals surface area contributed by atoms with Crippen LogP contribution < -0.4 is 0 Å². The van der Waals surface area contributed by atoms with E-state index >= 15 is 0 Å². The highest BCUT2D eigenvalue weighted by atomic mass is 127. The minimum atomic E-state index is -0.131. The molecule has 0 saturated heterocycles. The second-order valence-electron chi connectivity index (χ2n) is 4.39. The molecule has 1 aliphatic carbocycles. The number of carbonyl (C=O) groups excluding carboxylic acids is 1. The van der Waals surface area contributed by atoms with Gasteiger partial charge in [0.05, 0.1) is 0 Å². The highest BCUT2D eigenvalue weighted by Crippen LogP contribution is 2.35. The van der Waals surface area contributed by atoms with E-state index in [2.05, 4.69) is 29.5 Å². The molecule has 0 bridgehead atoms. The van der Waals surface area contributed by atoms with Gasteiger partial charge in [-0.25, -0.2) is 0 Å². The molecule has 0 aromatic rings. The molecule has 1 rings (SSSR count). The van der Waals surface area contributed by atoms with Crippen molar-refractivity contribution in [1.82, 2.24) is 0 Å². The van der Waals surface area contributed by atoms with Crippen LogP contribution in [0.5, 0.6) is 0 Å². The molecule has 0 N–H and O–H groups in total. The Morgan fingerprint density at radius 3 is 2.40 bits per heavy atom. The maximum atomic E-state index is 11.8. The van der Waals surface area contributed by atoms with E-state index in [1.165, 1.54) is 19.3 Å². The standard InChI is InChI=1S/C12H21IO2/c1-3-10(13)11(14)15-12(4-2)8-6-5-7-9-12/h10H,3-9H2,1-2H3. The van der Waals surface area contributed by atoms with Crippen molar-refractivity contribution in [3.63, 3.8) is 0 Å². The summed E-state index contributed by atoms with van der Waals surface area (Å²) in [5.74, 6) is -0.0122. The highest BCUT2D eigenvalue weighted by Gasteiger charge is 2.35. The van der Waals surface area contributed by atoms with E-state index in [9.17, 15) is 4.79 Å². The third-order valence-electron chi connectivity index (χ3n) is 3.34. The van der Waals surface area contributed by atoms with E-state index in [4.69, 9.17) is 4.74 Å². The minimum absolute atomic E-state index is 0.0122. The molecule has 1 atom stereocenters. The third kappa shape index (κ3) is 3.61. The van der Waals surface area contributed by atoms with E-state index in [0.29, 0.717) is 0 Å². The average Bonchev–Trinajstić information content (AvgIpc) is 2.29. The number of rotatable bonds is 4. The Bertz CT molecular complexity index is 210. The lowest BCUT2D eigenvalue weighted by Crippen LogP contribution is -2.38. The molecule has 0 radical (unpaired) electrons. The van der Waals surface area contributed by atoms with Gasteiger partial charge < -0.3 is 4.74 Å². The van der Waals surface area contributed by atoms with Gasteiger partial charge in [0, 0.05) is 0 Å². The first-order chi connectivity index (χ1) is 7.13. The van der Waals surface area contributed by atoms with Crippen LogP contribution in [0.3, 0.4) is 0 Å². The Morgan fingerprint density at radius 2 is 1.93 bits per heavy atom. The van der Waals surface area contributed by atoms with Gasteiger partial charge in [-0.15, -0.1) is 0 Å². The smallest absolute Gasteiger partial charge is 0.319 e. The molecule has 1 unspecified atom stereocenters. The highest BCUT2D eigenvalue weighted by molar-refractivity contribution is 14.1. The van der Waals surface area contributed by atoms with Gasteiger partial charge in [0.2, 0.25) is 0 Å². The van der Waals surface area contributed by atoms with Crippen LogP contribution in [0.2, 0.25) is 0 Å². The molecule has 0 aromatic heterocycles. The topological polar surface area (TPSA) is 26.3 Å². The van der Waals surface area contributed by atoms with Crippen LogP contribution >= 0.6 is 22.6 Å². The molecule has 88 valence electrons. The SMILES string of the molecule is CCC(I)C(=O)OC1(CC)CCCCC1. The van der Waals surface area contributed by atoms with Crippen LogP contribution in [-0.2, 0) is 9.53 Å². The molecule has 2 nitrogen and oxygen atoms in total. The van der Waals surface area contributed by atoms with Crippen LogP contribution in [0.15, 0.2) is 0 Å². The summed E-state index contributed by atoms with van der Waals surface area (Å²) >= 11 is 2.18. The number of alkyl halides is 1. The summed E-state index contributed by atoms with van der Waals surface area (Å²) in [6.45, 7) is 4.16. The molecule has 0 aromatic carbocycles. The minimum Gasteiger partial charge on any atom is -0.458 e. The fourth-order valence-corrected chi connectivity index (χ4v) is 2.30. The predicted octanol–water partition coefficient (Wildman–Crippen LogP) is 3.86. The Labute approximate surface area is 106 Å². The Morgan fingerprint density at radius 1 is 1.33 bits per heavy atom. The van der Waals surface area contributed by atoms with Crippen molar-refractivity contribution in [3.8, 4) is 0 Å². The van der Waals surface area contributed by atoms with E-state index in [1.807, 2.05) is 6.92 Å². The van der Waals surface area contributed by atoms with Crippen molar-refractivity contribution in [3.05, 3.63) is 0 Å². The van der Waals surface area contributed by atoms with Crippen molar-refractivity contribution in [2.75, 3.05) is 0 Å². The quantitative estimate of drug-likeness (QED) is 0.446. The Balaban J connectivity index is 2.55. The zero-order chi connectivity index (χ0) is 11.3. The third-order valence-corrected chi connectivity index (χ3v) is 4.73. The van der Waals surface area contributed by atoms with Crippen molar-refractivity contribution >= 4 is 28.6 Å². The molecular weight excluding hydrogens is 303 g/mol. The van der Waals surface area contributed by atoms with Crippen molar-refractivity contribution < 1.29 is 9.53 Å². The molecule has 3 heteroatoms. The summed E-state index contributed by atoms with van der Waals surface area (Å²) in [4.78, 5) is 11.8. The van der Waals surface area contributed by atoms with Crippen LogP contribution in [0.1, 0.15) is 58.8 Å². The van der Waals surface area contributed by atoms with Gasteiger partial charge >= 0.3 is 5.97 Å². The number of hydrogen-bond acceptors (Lipinski definition) is 2. The van der Waals surface area contributed by atoms with Gasteiger partial charge in [-0.1, -0.05) is 42.9 Å². The fraction of sp³-hybridized carbons (Fsp3) is 0.917. The van der Waals surface area contributed by atoms with Gasteiger partial charge in [-0.05, 0) is 38.5 Å². The maximum Gasteiger partial charge on any atom is 0.319 e. The Hall–Kier alpha value is 0.200. The molecule has 0 amide bonds. The summed E-state index contributed by atoms with van der Waals surface area (Å²) in [5, 5.41) is 0. The molecule has 0 heterocycles. The second-order valence-corrected chi connectivity index (χ2v) is 5.90. The van der Waals surface area contributed by atoms with Crippen LogP contribution in [0.25, 0.3) is 0 Å². The molecule has 0 spiro atoms. The zero-order valence-corrected chi connectivity index (χ0v) is 11.9. The van der Waals surface area contributed by atoms with Gasteiger partial charge in [-0.3, -0.25) is 4.79 Å². The number of ether oxygens (including phenoxy) is 1. The first-order valence-corrected chi connectivity index (χ1v) is 7.25. The van der Waals surface area contributed by atoms with Crippen LogP contribution in [-0.4, -0.2) is 15.5 Å². The predicted molar refractivity (Wildman–Crippen MR) is 70.3 cm³/mol. The monoisotopic (exact) mass is 324 g/mol. The van der Waals surface area contributed by atoms with Crippen molar-refractivity contribution in [2.45, 2.75) is 68.3 Å².